The van der Waals surface area contributed by atoms with E-state index in [9.17, 15) is 13.2 Å². The molecule has 224 valence electrons. The third-order valence-electron chi connectivity index (χ3n) is 5.80. The van der Waals surface area contributed by atoms with Gasteiger partial charge in [-0.05, 0) is 58.2 Å². The molecule has 3 heterocycles. The summed E-state index contributed by atoms with van der Waals surface area (Å²) >= 11 is 5.94. The zero-order valence-electron chi connectivity index (χ0n) is 23.8. The van der Waals surface area contributed by atoms with Crippen LogP contribution in [-0.2, 0) is 4.74 Å². The van der Waals surface area contributed by atoms with Gasteiger partial charge in [0.2, 0.25) is 0 Å². The first-order valence-electron chi connectivity index (χ1n) is 13.0. The van der Waals surface area contributed by atoms with Crippen LogP contribution in [-0.4, -0.2) is 83.2 Å². The van der Waals surface area contributed by atoms with Crippen molar-refractivity contribution in [1.82, 2.24) is 25.0 Å². The summed E-state index contributed by atoms with van der Waals surface area (Å²) in [5.74, 6) is 1.85. The van der Waals surface area contributed by atoms with Gasteiger partial charge in [-0.1, -0.05) is 23.8 Å². The van der Waals surface area contributed by atoms with Crippen LogP contribution in [0, 0.1) is 13.8 Å². The minimum absolute atomic E-state index is 0.0747. The van der Waals surface area contributed by atoms with Gasteiger partial charge in [-0.3, -0.25) is 10.00 Å². The third-order valence-corrected chi connectivity index (χ3v) is 6.02. The number of amidine groups is 1. The van der Waals surface area contributed by atoms with E-state index in [4.69, 9.17) is 16.3 Å². The Hall–Kier alpha value is -3.77. The van der Waals surface area contributed by atoms with Crippen molar-refractivity contribution >= 4 is 36.0 Å². The zero-order chi connectivity index (χ0) is 30.3. The number of hydrogen-bond donors (Lipinski definition) is 3. The smallest absolute Gasteiger partial charge is 0.401 e. The highest BCUT2D eigenvalue weighted by atomic mass is 35.5. The van der Waals surface area contributed by atoms with Gasteiger partial charge in [-0.15, -0.1) is 0 Å². The van der Waals surface area contributed by atoms with Gasteiger partial charge in [-0.2, -0.15) is 18.3 Å². The number of alkyl halides is 3. The van der Waals surface area contributed by atoms with Crippen molar-refractivity contribution in [1.29, 1.82) is 0 Å². The fourth-order valence-electron chi connectivity index (χ4n) is 3.71. The standard InChI is InChI=1S/C24H30ClF3N8O.C4H8/c1-17-12-18(2)32-20(17)5-4-19(14-25)37-16-30-23(13-22(29-3)33-21-6-7-31-34-21)36-10-8-35(9-11-36)15-24(26,27)28;1-3-4-2/h4-7,12-14,32H,3,8-11,15-16H2,1-2H3,(H2,31,33,34);3-4H,1-2H3/b5-4-,19-14-,22-13+,30-23+;4-3+. The lowest BCUT2D eigenvalue weighted by molar-refractivity contribution is -0.148. The molecule has 1 aliphatic rings. The highest BCUT2D eigenvalue weighted by molar-refractivity contribution is 6.25. The van der Waals surface area contributed by atoms with Crippen molar-refractivity contribution in [3.05, 3.63) is 76.7 Å². The van der Waals surface area contributed by atoms with Crippen LogP contribution >= 0.6 is 11.6 Å². The highest BCUT2D eigenvalue weighted by Gasteiger charge is 2.32. The molecule has 1 saturated heterocycles. The van der Waals surface area contributed by atoms with Gasteiger partial charge in [0.25, 0.3) is 0 Å². The van der Waals surface area contributed by atoms with Crippen molar-refractivity contribution in [2.24, 2.45) is 9.98 Å². The fourth-order valence-corrected chi connectivity index (χ4v) is 3.85. The van der Waals surface area contributed by atoms with E-state index in [1.807, 2.05) is 56.9 Å². The number of hydrogen-bond acceptors (Lipinski definition) is 6. The van der Waals surface area contributed by atoms with Gasteiger partial charge in [0.15, 0.2) is 6.73 Å². The molecule has 0 unspecified atom stereocenters. The molecule has 1 fully saturated rings. The average molecular weight is 595 g/mol. The summed E-state index contributed by atoms with van der Waals surface area (Å²) < 4.78 is 44.1. The summed E-state index contributed by atoms with van der Waals surface area (Å²) in [5.41, 5.74) is 4.37. The van der Waals surface area contributed by atoms with E-state index in [1.165, 1.54) is 10.4 Å². The predicted molar refractivity (Wildman–Crippen MR) is 161 cm³/mol. The second-order valence-corrected chi connectivity index (χ2v) is 9.23. The third kappa shape index (κ3) is 12.5. The Bertz CT molecular complexity index is 1220. The number of H-pyrrole nitrogens is 2. The number of halogens is 4. The van der Waals surface area contributed by atoms with Crippen molar-refractivity contribution in [3.8, 4) is 0 Å². The van der Waals surface area contributed by atoms with Crippen molar-refractivity contribution < 1.29 is 17.9 Å². The van der Waals surface area contributed by atoms with Crippen LogP contribution in [0.3, 0.4) is 0 Å². The van der Waals surface area contributed by atoms with Crippen LogP contribution in [0.25, 0.3) is 6.08 Å². The molecule has 0 spiro atoms. The quantitative estimate of drug-likeness (QED) is 0.0995. The number of nitrogens with zero attached hydrogens (tertiary/aromatic N) is 5. The van der Waals surface area contributed by atoms with Crippen LogP contribution in [0.5, 0.6) is 0 Å². The van der Waals surface area contributed by atoms with Gasteiger partial charge < -0.3 is 19.9 Å². The number of aromatic amines is 2. The van der Waals surface area contributed by atoms with Gasteiger partial charge in [0.1, 0.15) is 23.2 Å². The topological polar surface area (TPSA) is 96.9 Å². The number of anilines is 1. The Morgan fingerprint density at radius 1 is 1.22 bits per heavy atom. The number of piperazine rings is 1. The summed E-state index contributed by atoms with van der Waals surface area (Å²) in [6.07, 6.45) is 6.57. The van der Waals surface area contributed by atoms with Crippen LogP contribution in [0.4, 0.5) is 19.0 Å². The predicted octanol–water partition coefficient (Wildman–Crippen LogP) is 6.24. The molecule has 2 aromatic rings. The first-order chi connectivity index (χ1) is 19.6. The molecule has 0 aliphatic carbocycles. The molecule has 0 bridgehead atoms. The van der Waals surface area contributed by atoms with Crippen LogP contribution in [0.2, 0.25) is 0 Å². The monoisotopic (exact) mass is 594 g/mol. The maximum absolute atomic E-state index is 12.8. The van der Waals surface area contributed by atoms with E-state index in [0.29, 0.717) is 36.3 Å². The Morgan fingerprint density at radius 2 is 1.93 bits per heavy atom. The summed E-state index contributed by atoms with van der Waals surface area (Å²) in [6, 6.07) is 3.75. The number of ether oxygens (including phenoxy) is 1. The highest BCUT2D eigenvalue weighted by Crippen LogP contribution is 2.18. The van der Waals surface area contributed by atoms with Crippen molar-refractivity contribution in [2.45, 2.75) is 33.9 Å². The first kappa shape index (κ1) is 33.4. The molecule has 41 heavy (non-hydrogen) atoms. The molecular formula is C28H38ClF3N8O. The number of allylic oxidation sites excluding steroid dienone is 3. The van der Waals surface area contributed by atoms with Crippen molar-refractivity contribution in [2.75, 3.05) is 44.8 Å². The van der Waals surface area contributed by atoms with E-state index in [2.05, 4.69) is 37.2 Å². The molecule has 2 aromatic heterocycles. The van der Waals surface area contributed by atoms with Gasteiger partial charge >= 0.3 is 6.18 Å². The Morgan fingerprint density at radius 3 is 2.44 bits per heavy atom. The molecule has 0 radical (unpaired) electrons. The van der Waals surface area contributed by atoms with Crippen LogP contribution < -0.4 is 5.32 Å². The van der Waals surface area contributed by atoms with Crippen LogP contribution in [0.15, 0.2) is 69.7 Å². The second kappa shape index (κ2) is 17.1. The molecule has 3 N–H and O–H groups in total. The maximum Gasteiger partial charge on any atom is 0.401 e. The lowest BCUT2D eigenvalue weighted by Gasteiger charge is -2.36. The molecule has 0 aromatic carbocycles. The van der Waals surface area contributed by atoms with Gasteiger partial charge in [0, 0.05) is 55.2 Å². The Kier molecular flexibility index (Phi) is 14.0. The summed E-state index contributed by atoms with van der Waals surface area (Å²) in [7, 11) is 0. The summed E-state index contributed by atoms with van der Waals surface area (Å²) in [4.78, 5) is 15.0. The summed E-state index contributed by atoms with van der Waals surface area (Å²) in [5, 5.41) is 9.68. The largest absolute Gasteiger partial charge is 0.470 e. The van der Waals surface area contributed by atoms with E-state index in [1.54, 1.807) is 24.4 Å². The van der Waals surface area contributed by atoms with E-state index >= 15 is 0 Å². The second-order valence-electron chi connectivity index (χ2n) is 9.01. The normalized spacial score (nSPS) is 15.8. The number of nitrogens with one attached hydrogen (secondary N) is 3. The lowest BCUT2D eigenvalue weighted by Crippen LogP contribution is -2.50. The molecule has 0 atom stereocenters. The van der Waals surface area contributed by atoms with E-state index < -0.39 is 12.7 Å². The fraction of sp³-hybridized carbons (Fsp3) is 0.393. The van der Waals surface area contributed by atoms with Gasteiger partial charge in [0.05, 0.1) is 12.7 Å². The molecule has 0 amide bonds. The van der Waals surface area contributed by atoms with E-state index in [-0.39, 0.29) is 19.8 Å². The molecule has 3 rings (SSSR count). The van der Waals surface area contributed by atoms with Crippen LogP contribution in [0.1, 0.15) is 30.8 Å². The minimum Gasteiger partial charge on any atom is -0.470 e. The summed E-state index contributed by atoms with van der Waals surface area (Å²) in [6.45, 7) is 11.7. The maximum atomic E-state index is 12.8. The molecule has 1 aliphatic heterocycles. The molecular weight excluding hydrogens is 557 g/mol. The zero-order valence-corrected chi connectivity index (χ0v) is 24.6. The lowest BCUT2D eigenvalue weighted by atomic mass is 10.2. The SMILES string of the molecule is C/C=C/C.C=N/C(=C\C(=N/COC(/C=C\c1[nH]c(C)cc1C)=C\Cl)N1CCN(CC(F)(F)F)CC1)Nc1ccn[nH]1. The molecule has 13 heteroatoms. The first-order valence-corrected chi connectivity index (χ1v) is 13.4. The van der Waals surface area contributed by atoms with Gasteiger partial charge in [-0.25, -0.2) is 9.98 Å². The number of aromatic nitrogens is 3. The van der Waals surface area contributed by atoms with Crippen molar-refractivity contribution in [3.63, 3.8) is 0 Å². The number of rotatable bonds is 10. The Labute approximate surface area is 244 Å². The minimum atomic E-state index is -4.24. The molecule has 0 saturated carbocycles. The van der Waals surface area contributed by atoms with E-state index in [0.717, 1.165) is 17.0 Å². The molecule has 9 nitrogen and oxygen atoms in total. The Balaban J connectivity index is 0.00000138. The number of aryl methyl sites for hydroxylation is 2. The average Bonchev–Trinajstić information content (AvgIpc) is 3.57. The number of aliphatic imine (C=N–C) groups is 2.